The number of benzene rings is 2. The van der Waals surface area contributed by atoms with E-state index in [9.17, 15) is 0 Å². The standard InChI is InChI=1S/C23H30O2/c1-5-24-23(25-6-2)17(3)21(19-13-9-7-10-14-19)22(18(23)4)20-15-11-8-12-16-20/h7-18,21-22H,5-6H2,1-4H3/t17-,18+,21-,22-/m0/s1. The highest BCUT2D eigenvalue weighted by atomic mass is 16.7. The Morgan fingerprint density at radius 2 is 1.04 bits per heavy atom. The number of ether oxygens (including phenoxy) is 2. The van der Waals surface area contributed by atoms with E-state index >= 15 is 0 Å². The van der Waals surface area contributed by atoms with Gasteiger partial charge in [-0.15, -0.1) is 0 Å². The van der Waals surface area contributed by atoms with Gasteiger partial charge in [0.2, 0.25) is 0 Å². The molecule has 0 radical (unpaired) electrons. The van der Waals surface area contributed by atoms with E-state index in [4.69, 9.17) is 9.47 Å². The van der Waals surface area contributed by atoms with Gasteiger partial charge in [-0.25, -0.2) is 0 Å². The van der Waals surface area contributed by atoms with E-state index in [1.54, 1.807) is 0 Å². The van der Waals surface area contributed by atoms with Crippen LogP contribution in [0.4, 0.5) is 0 Å². The van der Waals surface area contributed by atoms with Crippen LogP contribution in [0.2, 0.25) is 0 Å². The van der Waals surface area contributed by atoms with E-state index in [0.29, 0.717) is 25.0 Å². The van der Waals surface area contributed by atoms with Crippen LogP contribution in [-0.4, -0.2) is 19.0 Å². The minimum atomic E-state index is -0.537. The number of rotatable bonds is 6. The summed E-state index contributed by atoms with van der Waals surface area (Å²) in [7, 11) is 0. The zero-order valence-corrected chi connectivity index (χ0v) is 15.8. The molecular formula is C23H30O2. The summed E-state index contributed by atoms with van der Waals surface area (Å²) in [6, 6.07) is 21.7. The molecule has 0 amide bonds. The summed E-state index contributed by atoms with van der Waals surface area (Å²) in [6.45, 7) is 10.0. The molecule has 0 aliphatic heterocycles. The first kappa shape index (κ1) is 18.2. The van der Waals surface area contributed by atoms with E-state index in [1.807, 2.05) is 0 Å². The highest BCUT2D eigenvalue weighted by Crippen LogP contribution is 2.59. The molecular weight excluding hydrogens is 308 g/mol. The van der Waals surface area contributed by atoms with Crippen molar-refractivity contribution in [2.45, 2.75) is 45.3 Å². The minimum absolute atomic E-state index is 0.273. The van der Waals surface area contributed by atoms with E-state index in [1.165, 1.54) is 11.1 Å². The molecule has 1 aliphatic rings. The quantitative estimate of drug-likeness (QED) is 0.637. The van der Waals surface area contributed by atoms with Crippen molar-refractivity contribution in [3.8, 4) is 0 Å². The minimum Gasteiger partial charge on any atom is -0.350 e. The van der Waals surface area contributed by atoms with E-state index in [-0.39, 0.29) is 11.8 Å². The van der Waals surface area contributed by atoms with Crippen LogP contribution in [0.3, 0.4) is 0 Å². The maximum Gasteiger partial charge on any atom is 0.174 e. The van der Waals surface area contributed by atoms with Crippen LogP contribution in [0.15, 0.2) is 60.7 Å². The summed E-state index contributed by atoms with van der Waals surface area (Å²) in [6.07, 6.45) is 0. The molecule has 134 valence electrons. The third-order valence-electron chi connectivity index (χ3n) is 5.84. The molecule has 1 aliphatic carbocycles. The highest BCUT2D eigenvalue weighted by Gasteiger charge is 2.59. The monoisotopic (exact) mass is 338 g/mol. The maximum absolute atomic E-state index is 6.34. The fourth-order valence-electron chi connectivity index (χ4n) is 4.90. The third-order valence-corrected chi connectivity index (χ3v) is 5.84. The van der Waals surface area contributed by atoms with Crippen molar-refractivity contribution in [2.24, 2.45) is 11.8 Å². The van der Waals surface area contributed by atoms with Gasteiger partial charge >= 0.3 is 0 Å². The molecule has 0 spiro atoms. The lowest BCUT2D eigenvalue weighted by Crippen LogP contribution is -2.44. The molecule has 0 unspecified atom stereocenters. The molecule has 1 fully saturated rings. The summed E-state index contributed by atoms with van der Waals surface area (Å²) >= 11 is 0. The molecule has 1 saturated carbocycles. The third kappa shape index (κ3) is 3.14. The van der Waals surface area contributed by atoms with Crippen LogP contribution in [0, 0.1) is 11.8 Å². The second kappa shape index (κ2) is 7.72. The Morgan fingerprint density at radius 1 is 0.680 bits per heavy atom. The zero-order chi connectivity index (χ0) is 17.9. The Balaban J connectivity index is 2.12. The van der Waals surface area contributed by atoms with E-state index in [0.717, 1.165) is 0 Å². The molecule has 2 aromatic rings. The average Bonchev–Trinajstić information content (AvgIpc) is 2.86. The smallest absolute Gasteiger partial charge is 0.174 e. The SMILES string of the molecule is CCOC1(OCC)[C@H](C)[C@@H](c2ccccc2)[C@H](c2ccccc2)[C@@H]1C. The largest absolute Gasteiger partial charge is 0.350 e. The second-order valence-electron chi connectivity index (χ2n) is 7.04. The van der Waals surface area contributed by atoms with Crippen LogP contribution in [0.5, 0.6) is 0 Å². The molecule has 3 rings (SSSR count). The van der Waals surface area contributed by atoms with Crippen LogP contribution >= 0.6 is 0 Å². The van der Waals surface area contributed by atoms with Crippen molar-refractivity contribution in [1.82, 2.24) is 0 Å². The van der Waals surface area contributed by atoms with Crippen molar-refractivity contribution < 1.29 is 9.47 Å². The Hall–Kier alpha value is -1.64. The Morgan fingerprint density at radius 3 is 1.36 bits per heavy atom. The van der Waals surface area contributed by atoms with Gasteiger partial charge in [-0.05, 0) is 36.8 Å². The molecule has 0 aromatic heterocycles. The van der Waals surface area contributed by atoms with Crippen LogP contribution < -0.4 is 0 Å². The number of hydrogen-bond donors (Lipinski definition) is 0. The van der Waals surface area contributed by atoms with Gasteiger partial charge in [0.1, 0.15) is 0 Å². The average molecular weight is 338 g/mol. The van der Waals surface area contributed by atoms with Crippen LogP contribution in [-0.2, 0) is 9.47 Å². The van der Waals surface area contributed by atoms with Crippen molar-refractivity contribution >= 4 is 0 Å². The van der Waals surface area contributed by atoms with Gasteiger partial charge < -0.3 is 9.47 Å². The lowest BCUT2D eigenvalue weighted by Gasteiger charge is -2.38. The summed E-state index contributed by atoms with van der Waals surface area (Å²) < 4.78 is 12.7. The Kier molecular flexibility index (Phi) is 5.61. The summed E-state index contributed by atoms with van der Waals surface area (Å²) in [5, 5.41) is 0. The predicted octanol–water partition coefficient (Wildman–Crippen LogP) is 5.61. The van der Waals surface area contributed by atoms with Crippen LogP contribution in [0.25, 0.3) is 0 Å². The van der Waals surface area contributed by atoms with Gasteiger partial charge in [0, 0.05) is 25.0 Å². The Labute approximate surface area is 152 Å². The molecule has 2 heteroatoms. The number of hydrogen-bond acceptors (Lipinski definition) is 2. The first-order chi connectivity index (χ1) is 12.2. The molecule has 0 N–H and O–H groups in total. The highest BCUT2D eigenvalue weighted by molar-refractivity contribution is 5.34. The molecule has 0 saturated heterocycles. The van der Waals surface area contributed by atoms with Gasteiger partial charge in [0.05, 0.1) is 0 Å². The zero-order valence-electron chi connectivity index (χ0n) is 15.8. The molecule has 25 heavy (non-hydrogen) atoms. The van der Waals surface area contributed by atoms with E-state index in [2.05, 4.69) is 88.4 Å². The van der Waals surface area contributed by atoms with Gasteiger partial charge in [0.15, 0.2) is 5.79 Å². The van der Waals surface area contributed by atoms with Crippen molar-refractivity contribution in [3.05, 3.63) is 71.8 Å². The predicted molar refractivity (Wildman–Crippen MR) is 103 cm³/mol. The molecule has 2 nitrogen and oxygen atoms in total. The van der Waals surface area contributed by atoms with Crippen molar-refractivity contribution in [3.63, 3.8) is 0 Å². The van der Waals surface area contributed by atoms with Crippen LogP contribution in [0.1, 0.15) is 50.7 Å². The maximum atomic E-state index is 6.34. The molecule has 0 bridgehead atoms. The first-order valence-corrected chi connectivity index (χ1v) is 9.53. The van der Waals surface area contributed by atoms with Gasteiger partial charge in [-0.2, -0.15) is 0 Å². The Bertz CT molecular complexity index is 593. The van der Waals surface area contributed by atoms with E-state index < -0.39 is 5.79 Å². The first-order valence-electron chi connectivity index (χ1n) is 9.53. The van der Waals surface area contributed by atoms with Gasteiger partial charge in [-0.1, -0.05) is 74.5 Å². The van der Waals surface area contributed by atoms with Gasteiger partial charge in [-0.3, -0.25) is 0 Å². The summed E-state index contributed by atoms with van der Waals surface area (Å²) in [5.74, 6) is 0.753. The molecule has 0 heterocycles. The topological polar surface area (TPSA) is 18.5 Å². The van der Waals surface area contributed by atoms with Crippen molar-refractivity contribution in [2.75, 3.05) is 13.2 Å². The molecule has 4 atom stereocenters. The lowest BCUT2D eigenvalue weighted by molar-refractivity contribution is -0.272. The van der Waals surface area contributed by atoms with Crippen molar-refractivity contribution in [1.29, 1.82) is 0 Å². The summed E-state index contributed by atoms with van der Waals surface area (Å²) in [5.41, 5.74) is 2.74. The fraction of sp³-hybridized carbons (Fsp3) is 0.478. The second-order valence-corrected chi connectivity index (χ2v) is 7.04. The summed E-state index contributed by atoms with van der Waals surface area (Å²) in [4.78, 5) is 0. The fourth-order valence-corrected chi connectivity index (χ4v) is 4.90. The molecule has 2 aromatic carbocycles. The van der Waals surface area contributed by atoms with Gasteiger partial charge in [0.25, 0.3) is 0 Å². The normalized spacial score (nSPS) is 28.2. The lowest BCUT2D eigenvalue weighted by atomic mass is 9.78.